The fourth-order valence-electron chi connectivity index (χ4n) is 2.75. The molecular weight excluding hydrogens is 338 g/mol. The molecule has 1 aliphatic heterocycles. The summed E-state index contributed by atoms with van der Waals surface area (Å²) in [4.78, 5) is 27.6. The summed E-state index contributed by atoms with van der Waals surface area (Å²) >= 11 is 1.41. The Balaban J connectivity index is 1.47. The largest absolute Gasteiger partial charge is 0.368 e. The Labute approximate surface area is 150 Å². The van der Waals surface area contributed by atoms with Gasteiger partial charge >= 0.3 is 0 Å². The van der Waals surface area contributed by atoms with Crippen LogP contribution >= 0.6 is 11.8 Å². The van der Waals surface area contributed by atoms with Gasteiger partial charge < -0.3 is 9.80 Å². The Morgan fingerprint density at radius 1 is 1.00 bits per heavy atom. The SMILES string of the molecule is O=C(CSc1ccc([N+](=O)[O-])cc1)N1CCN(c2ccccc2)CC1. The molecule has 1 heterocycles. The van der Waals surface area contributed by atoms with Crippen LogP contribution in [-0.2, 0) is 4.79 Å². The van der Waals surface area contributed by atoms with Crippen LogP contribution in [0.2, 0.25) is 0 Å². The summed E-state index contributed by atoms with van der Waals surface area (Å²) in [7, 11) is 0. The Morgan fingerprint density at radius 2 is 1.64 bits per heavy atom. The van der Waals surface area contributed by atoms with Crippen LogP contribution in [0.3, 0.4) is 0 Å². The van der Waals surface area contributed by atoms with E-state index < -0.39 is 4.92 Å². The van der Waals surface area contributed by atoms with E-state index in [-0.39, 0.29) is 11.6 Å². The summed E-state index contributed by atoms with van der Waals surface area (Å²) < 4.78 is 0. The highest BCUT2D eigenvalue weighted by Crippen LogP contribution is 2.22. The van der Waals surface area contributed by atoms with Crippen LogP contribution in [0.4, 0.5) is 11.4 Å². The minimum atomic E-state index is -0.425. The molecule has 0 spiro atoms. The zero-order chi connectivity index (χ0) is 17.6. The molecular formula is C18H19N3O3S. The predicted molar refractivity (Wildman–Crippen MR) is 99.1 cm³/mol. The molecule has 6 nitrogen and oxygen atoms in total. The van der Waals surface area contributed by atoms with Crippen LogP contribution in [0.5, 0.6) is 0 Å². The molecule has 0 bridgehead atoms. The third-order valence-corrected chi connectivity index (χ3v) is 5.16. The van der Waals surface area contributed by atoms with Gasteiger partial charge in [0.15, 0.2) is 0 Å². The summed E-state index contributed by atoms with van der Waals surface area (Å²) in [6.45, 7) is 3.10. The summed E-state index contributed by atoms with van der Waals surface area (Å²) in [5.41, 5.74) is 1.25. The van der Waals surface area contributed by atoms with Crippen LogP contribution in [0, 0.1) is 10.1 Å². The zero-order valence-corrected chi connectivity index (χ0v) is 14.5. The van der Waals surface area contributed by atoms with Crippen molar-refractivity contribution in [3.05, 3.63) is 64.7 Å². The lowest BCUT2D eigenvalue weighted by Gasteiger charge is -2.36. The molecule has 0 N–H and O–H groups in total. The van der Waals surface area contributed by atoms with Crippen molar-refractivity contribution >= 4 is 29.0 Å². The van der Waals surface area contributed by atoms with Crippen molar-refractivity contribution in [2.45, 2.75) is 4.90 Å². The van der Waals surface area contributed by atoms with E-state index in [1.807, 2.05) is 23.1 Å². The monoisotopic (exact) mass is 357 g/mol. The van der Waals surface area contributed by atoms with Crippen molar-refractivity contribution in [2.24, 2.45) is 0 Å². The summed E-state index contributed by atoms with van der Waals surface area (Å²) in [6.07, 6.45) is 0. The first kappa shape index (κ1) is 17.3. The number of nitro groups is 1. The molecule has 7 heteroatoms. The zero-order valence-electron chi connectivity index (χ0n) is 13.7. The highest BCUT2D eigenvalue weighted by atomic mass is 32.2. The van der Waals surface area contributed by atoms with Crippen LogP contribution in [0.25, 0.3) is 0 Å². The van der Waals surface area contributed by atoms with Gasteiger partial charge in [0.2, 0.25) is 5.91 Å². The van der Waals surface area contributed by atoms with Crippen molar-refractivity contribution in [3.63, 3.8) is 0 Å². The molecule has 1 saturated heterocycles. The second-order valence-electron chi connectivity index (χ2n) is 5.74. The molecule has 2 aromatic rings. The third-order valence-electron chi connectivity index (χ3n) is 4.16. The van der Waals surface area contributed by atoms with Crippen molar-refractivity contribution < 1.29 is 9.72 Å². The first-order valence-corrected chi connectivity index (χ1v) is 9.07. The molecule has 1 amide bonds. The highest BCUT2D eigenvalue weighted by Gasteiger charge is 2.21. The second-order valence-corrected chi connectivity index (χ2v) is 6.79. The minimum absolute atomic E-state index is 0.0627. The lowest BCUT2D eigenvalue weighted by atomic mass is 10.2. The number of anilines is 1. The standard InChI is InChI=1S/C18H19N3O3S/c22-18(14-25-17-8-6-16(7-9-17)21(23)24)20-12-10-19(11-13-20)15-4-2-1-3-5-15/h1-9H,10-14H2. The van der Waals surface area contributed by atoms with E-state index in [0.29, 0.717) is 18.8 Å². The Kier molecular flexibility index (Phi) is 5.55. The maximum atomic E-state index is 12.4. The van der Waals surface area contributed by atoms with Gasteiger partial charge in [-0.15, -0.1) is 11.8 Å². The van der Waals surface area contributed by atoms with Gasteiger partial charge in [0.05, 0.1) is 10.7 Å². The summed E-state index contributed by atoms with van der Waals surface area (Å²) in [5.74, 6) is 0.458. The molecule has 0 unspecified atom stereocenters. The maximum absolute atomic E-state index is 12.4. The van der Waals surface area contributed by atoms with Crippen LogP contribution in [-0.4, -0.2) is 47.7 Å². The highest BCUT2D eigenvalue weighted by molar-refractivity contribution is 8.00. The number of thioether (sulfide) groups is 1. The van der Waals surface area contributed by atoms with Gasteiger partial charge in [-0.2, -0.15) is 0 Å². The molecule has 1 aliphatic rings. The Hall–Kier alpha value is -2.54. The van der Waals surface area contributed by atoms with Gasteiger partial charge in [-0.3, -0.25) is 14.9 Å². The van der Waals surface area contributed by atoms with Gasteiger partial charge in [0, 0.05) is 48.9 Å². The third kappa shape index (κ3) is 4.51. The van der Waals surface area contributed by atoms with Gasteiger partial charge in [-0.25, -0.2) is 0 Å². The van der Waals surface area contributed by atoms with Crippen molar-refractivity contribution in [3.8, 4) is 0 Å². The number of carbonyl (C=O) groups excluding carboxylic acids is 1. The number of amides is 1. The normalized spacial score (nSPS) is 14.4. The maximum Gasteiger partial charge on any atom is 0.269 e. The number of carbonyl (C=O) groups is 1. The molecule has 0 aliphatic carbocycles. The fourth-order valence-corrected chi connectivity index (χ4v) is 3.55. The number of hydrogen-bond donors (Lipinski definition) is 0. The first-order chi connectivity index (χ1) is 12.1. The number of benzene rings is 2. The van der Waals surface area contributed by atoms with Crippen LogP contribution < -0.4 is 4.90 Å². The van der Waals surface area contributed by atoms with Crippen LogP contribution in [0.1, 0.15) is 0 Å². The Bertz CT molecular complexity index is 729. The molecule has 3 rings (SSSR count). The van der Waals surface area contributed by atoms with E-state index in [4.69, 9.17) is 0 Å². The van der Waals surface area contributed by atoms with Gasteiger partial charge in [0.25, 0.3) is 5.69 Å². The number of hydrogen-bond acceptors (Lipinski definition) is 5. The average molecular weight is 357 g/mol. The van der Waals surface area contributed by atoms with Crippen molar-refractivity contribution in [1.29, 1.82) is 0 Å². The number of rotatable bonds is 5. The van der Waals surface area contributed by atoms with E-state index in [0.717, 1.165) is 18.0 Å². The topological polar surface area (TPSA) is 66.7 Å². The van der Waals surface area contributed by atoms with Gasteiger partial charge in [-0.05, 0) is 24.3 Å². The molecule has 0 aromatic heterocycles. The summed E-state index contributed by atoms with van der Waals surface area (Å²) in [6, 6.07) is 16.5. The van der Waals surface area contributed by atoms with E-state index >= 15 is 0 Å². The second kappa shape index (κ2) is 8.02. The van der Waals surface area contributed by atoms with E-state index in [2.05, 4.69) is 17.0 Å². The number of para-hydroxylation sites is 1. The molecule has 130 valence electrons. The minimum Gasteiger partial charge on any atom is -0.368 e. The molecule has 0 atom stereocenters. The number of nitro benzene ring substituents is 1. The number of piperazine rings is 1. The summed E-state index contributed by atoms with van der Waals surface area (Å²) in [5, 5.41) is 10.6. The first-order valence-electron chi connectivity index (χ1n) is 8.08. The lowest BCUT2D eigenvalue weighted by Crippen LogP contribution is -2.49. The van der Waals surface area contributed by atoms with Gasteiger partial charge in [0.1, 0.15) is 0 Å². The van der Waals surface area contributed by atoms with E-state index in [1.165, 1.54) is 29.6 Å². The van der Waals surface area contributed by atoms with Gasteiger partial charge in [-0.1, -0.05) is 18.2 Å². The number of nitrogens with zero attached hydrogens (tertiary/aromatic N) is 3. The molecule has 1 fully saturated rings. The van der Waals surface area contributed by atoms with Crippen LogP contribution in [0.15, 0.2) is 59.5 Å². The Morgan fingerprint density at radius 3 is 2.24 bits per heavy atom. The predicted octanol–water partition coefficient (Wildman–Crippen LogP) is 3.04. The number of non-ortho nitro benzene ring substituents is 1. The van der Waals surface area contributed by atoms with E-state index in [9.17, 15) is 14.9 Å². The molecule has 0 saturated carbocycles. The van der Waals surface area contributed by atoms with Crippen molar-refractivity contribution in [2.75, 3.05) is 36.8 Å². The smallest absolute Gasteiger partial charge is 0.269 e. The van der Waals surface area contributed by atoms with Crippen molar-refractivity contribution in [1.82, 2.24) is 4.90 Å². The molecule has 0 radical (unpaired) electrons. The average Bonchev–Trinajstić information content (AvgIpc) is 2.67. The lowest BCUT2D eigenvalue weighted by molar-refractivity contribution is -0.384. The molecule has 25 heavy (non-hydrogen) atoms. The molecule has 2 aromatic carbocycles. The quantitative estimate of drug-likeness (QED) is 0.467. The fraction of sp³-hybridized carbons (Fsp3) is 0.278. The van der Waals surface area contributed by atoms with E-state index in [1.54, 1.807) is 12.1 Å².